The van der Waals surface area contributed by atoms with E-state index < -0.39 is 0 Å². The predicted molar refractivity (Wildman–Crippen MR) is 99.1 cm³/mol. The summed E-state index contributed by atoms with van der Waals surface area (Å²) in [5.74, 6) is 0.895. The second-order valence-corrected chi connectivity index (χ2v) is 6.99. The number of rotatable bonds is 6. The van der Waals surface area contributed by atoms with Crippen molar-refractivity contribution in [3.63, 3.8) is 0 Å². The molecule has 1 saturated carbocycles. The summed E-state index contributed by atoms with van der Waals surface area (Å²) in [5, 5.41) is 13.0. The number of hydrogen-bond acceptors (Lipinski definition) is 5. The number of aromatic nitrogens is 1. The van der Waals surface area contributed by atoms with Gasteiger partial charge >= 0.3 is 0 Å². The highest BCUT2D eigenvalue weighted by Crippen LogP contribution is 2.31. The number of hydrogen-bond donors (Lipinski definition) is 2. The molecule has 1 aliphatic carbocycles. The zero-order valence-electron chi connectivity index (χ0n) is 14.7. The first-order valence-corrected chi connectivity index (χ1v) is 9.26. The smallest absolute Gasteiger partial charge is 0.170 e. The van der Waals surface area contributed by atoms with Gasteiger partial charge in [-0.25, -0.2) is 9.37 Å². The van der Waals surface area contributed by atoms with Gasteiger partial charge in [0.1, 0.15) is 0 Å². The maximum atomic E-state index is 14.6. The van der Waals surface area contributed by atoms with Crippen LogP contribution in [-0.4, -0.2) is 35.4 Å². The maximum absolute atomic E-state index is 14.6. The minimum absolute atomic E-state index is 0.173. The van der Waals surface area contributed by atoms with Gasteiger partial charge in [-0.3, -0.25) is 0 Å². The van der Waals surface area contributed by atoms with E-state index in [-0.39, 0.29) is 18.0 Å². The Bertz CT molecular complexity index is 758. The van der Waals surface area contributed by atoms with E-state index in [1.807, 2.05) is 18.2 Å². The quantitative estimate of drug-likeness (QED) is 0.830. The van der Waals surface area contributed by atoms with Gasteiger partial charge in [0.15, 0.2) is 17.4 Å². The van der Waals surface area contributed by atoms with Crippen LogP contribution in [0.5, 0.6) is 5.75 Å². The summed E-state index contributed by atoms with van der Waals surface area (Å²) in [7, 11) is 0. The molecule has 2 fully saturated rings. The number of pyridine rings is 1. The molecule has 0 radical (unpaired) electrons. The van der Waals surface area contributed by atoms with E-state index >= 15 is 0 Å². The Labute approximate surface area is 152 Å². The van der Waals surface area contributed by atoms with E-state index in [2.05, 4.69) is 15.2 Å². The fourth-order valence-electron chi connectivity index (χ4n) is 3.20. The van der Waals surface area contributed by atoms with Crippen molar-refractivity contribution in [2.24, 2.45) is 0 Å². The van der Waals surface area contributed by atoms with Crippen molar-refractivity contribution in [3.05, 3.63) is 47.9 Å². The summed E-state index contributed by atoms with van der Waals surface area (Å²) >= 11 is 0. The number of aliphatic hydroxyl groups is 1. The number of anilines is 2. The standard InChI is InChI=1S/C20H24FN3O2/c21-19-14(3-1-5-18(19)26-16-6-7-16)13-23-17-4-2-10-22-20(17)24-11-8-15(25)9-12-24/h1-5,10,15-16,23,25H,6-9,11-13H2. The van der Waals surface area contributed by atoms with Gasteiger partial charge in [-0.15, -0.1) is 0 Å². The van der Waals surface area contributed by atoms with Crippen molar-refractivity contribution < 1.29 is 14.2 Å². The third-order valence-corrected chi connectivity index (χ3v) is 4.88. The highest BCUT2D eigenvalue weighted by Gasteiger charge is 2.25. The van der Waals surface area contributed by atoms with E-state index in [9.17, 15) is 9.50 Å². The molecule has 2 heterocycles. The van der Waals surface area contributed by atoms with Gasteiger partial charge in [-0.1, -0.05) is 12.1 Å². The van der Waals surface area contributed by atoms with E-state index in [1.54, 1.807) is 18.3 Å². The largest absolute Gasteiger partial charge is 0.487 e. The van der Waals surface area contributed by atoms with Gasteiger partial charge in [0, 0.05) is 31.4 Å². The van der Waals surface area contributed by atoms with Gasteiger partial charge in [0.2, 0.25) is 0 Å². The highest BCUT2D eigenvalue weighted by atomic mass is 19.1. The number of nitrogens with zero attached hydrogens (tertiary/aromatic N) is 2. The summed E-state index contributed by atoms with van der Waals surface area (Å²) in [6.45, 7) is 1.90. The Balaban J connectivity index is 1.46. The molecule has 0 spiro atoms. The molecule has 5 nitrogen and oxygen atoms in total. The fraction of sp³-hybridized carbons (Fsp3) is 0.450. The highest BCUT2D eigenvalue weighted by molar-refractivity contribution is 5.65. The van der Waals surface area contributed by atoms with E-state index in [0.29, 0.717) is 17.9 Å². The van der Waals surface area contributed by atoms with Crippen LogP contribution < -0.4 is 15.0 Å². The molecule has 4 rings (SSSR count). The van der Waals surface area contributed by atoms with Gasteiger partial charge in [-0.2, -0.15) is 0 Å². The number of aliphatic hydroxyl groups excluding tert-OH is 1. The van der Waals surface area contributed by atoms with Gasteiger partial charge in [0.25, 0.3) is 0 Å². The maximum Gasteiger partial charge on any atom is 0.170 e. The lowest BCUT2D eigenvalue weighted by molar-refractivity contribution is 0.145. The summed E-state index contributed by atoms with van der Waals surface area (Å²) in [6.07, 6.45) is 5.20. The van der Waals surface area contributed by atoms with Crippen molar-refractivity contribution in [1.29, 1.82) is 0 Å². The summed E-state index contributed by atoms with van der Waals surface area (Å²) in [5.41, 5.74) is 1.45. The van der Waals surface area contributed by atoms with E-state index in [0.717, 1.165) is 50.3 Å². The third kappa shape index (κ3) is 3.90. The molecule has 0 unspecified atom stereocenters. The molecule has 1 aromatic carbocycles. The summed E-state index contributed by atoms with van der Waals surface area (Å²) in [6, 6.07) is 9.11. The van der Waals surface area contributed by atoms with Crippen LogP contribution in [0.4, 0.5) is 15.9 Å². The molecule has 6 heteroatoms. The molecule has 0 bridgehead atoms. The Hall–Kier alpha value is -2.34. The Morgan fingerprint density at radius 1 is 1.15 bits per heavy atom. The van der Waals surface area contributed by atoms with Gasteiger partial charge < -0.3 is 20.1 Å². The first-order valence-electron chi connectivity index (χ1n) is 9.26. The fourth-order valence-corrected chi connectivity index (χ4v) is 3.20. The van der Waals surface area contributed by atoms with Crippen LogP contribution in [0.3, 0.4) is 0 Å². The first-order chi connectivity index (χ1) is 12.7. The lowest BCUT2D eigenvalue weighted by atomic mass is 10.1. The zero-order chi connectivity index (χ0) is 17.9. The molecule has 138 valence electrons. The molecule has 0 amide bonds. The van der Waals surface area contributed by atoms with Crippen molar-refractivity contribution >= 4 is 11.5 Å². The predicted octanol–water partition coefficient (Wildman–Crippen LogP) is 3.34. The minimum atomic E-state index is -0.293. The van der Waals surface area contributed by atoms with Crippen LogP contribution in [0.2, 0.25) is 0 Å². The van der Waals surface area contributed by atoms with Crippen LogP contribution in [0.1, 0.15) is 31.2 Å². The monoisotopic (exact) mass is 357 g/mol. The molecular weight excluding hydrogens is 333 g/mol. The number of ether oxygens (including phenoxy) is 1. The van der Waals surface area contributed by atoms with Crippen LogP contribution in [0.15, 0.2) is 36.5 Å². The van der Waals surface area contributed by atoms with Crippen LogP contribution >= 0.6 is 0 Å². The molecule has 26 heavy (non-hydrogen) atoms. The SMILES string of the molecule is OC1CCN(c2ncccc2NCc2cccc(OC3CC3)c2F)CC1. The lowest BCUT2D eigenvalue weighted by Gasteiger charge is -2.31. The molecule has 2 N–H and O–H groups in total. The van der Waals surface area contributed by atoms with Gasteiger partial charge in [-0.05, 0) is 43.9 Å². The zero-order valence-corrected chi connectivity index (χ0v) is 14.7. The molecule has 1 saturated heterocycles. The van der Waals surface area contributed by atoms with Crippen molar-refractivity contribution in [3.8, 4) is 5.75 Å². The molecule has 2 aliphatic rings. The second kappa shape index (κ2) is 7.50. The number of piperidine rings is 1. The summed E-state index contributed by atoms with van der Waals surface area (Å²) < 4.78 is 20.3. The first kappa shape index (κ1) is 17.1. The van der Waals surface area contributed by atoms with Crippen LogP contribution in [0, 0.1) is 5.82 Å². The van der Waals surface area contributed by atoms with Crippen molar-refractivity contribution in [2.45, 2.75) is 44.4 Å². The van der Waals surface area contributed by atoms with E-state index in [1.165, 1.54) is 0 Å². The Kier molecular flexibility index (Phi) is 4.93. The number of nitrogens with one attached hydrogen (secondary N) is 1. The Morgan fingerprint density at radius 2 is 1.96 bits per heavy atom. The normalized spacial score (nSPS) is 18.0. The molecular formula is C20H24FN3O2. The minimum Gasteiger partial charge on any atom is -0.487 e. The van der Waals surface area contributed by atoms with Crippen LogP contribution in [-0.2, 0) is 6.54 Å². The average molecular weight is 357 g/mol. The number of benzene rings is 1. The number of halogens is 1. The summed E-state index contributed by atoms with van der Waals surface area (Å²) in [4.78, 5) is 6.66. The topological polar surface area (TPSA) is 57.6 Å². The van der Waals surface area contributed by atoms with E-state index in [4.69, 9.17) is 4.74 Å². The average Bonchev–Trinajstić information content (AvgIpc) is 3.48. The molecule has 1 aliphatic heterocycles. The molecule has 0 atom stereocenters. The van der Waals surface area contributed by atoms with Gasteiger partial charge in [0.05, 0.1) is 17.9 Å². The van der Waals surface area contributed by atoms with Crippen molar-refractivity contribution in [2.75, 3.05) is 23.3 Å². The molecule has 1 aromatic heterocycles. The van der Waals surface area contributed by atoms with Crippen molar-refractivity contribution in [1.82, 2.24) is 4.98 Å². The molecule has 2 aromatic rings. The second-order valence-electron chi connectivity index (χ2n) is 6.99. The lowest BCUT2D eigenvalue weighted by Crippen LogP contribution is -2.36. The third-order valence-electron chi connectivity index (χ3n) is 4.88. The van der Waals surface area contributed by atoms with Crippen LogP contribution in [0.25, 0.3) is 0 Å². The Morgan fingerprint density at radius 3 is 2.73 bits per heavy atom.